The van der Waals surface area contributed by atoms with E-state index in [9.17, 15) is 9.18 Å². The van der Waals surface area contributed by atoms with Gasteiger partial charge in [-0.25, -0.2) is 4.39 Å². The summed E-state index contributed by atoms with van der Waals surface area (Å²) in [6.45, 7) is 2.60. The molecule has 3 rings (SSSR count). The summed E-state index contributed by atoms with van der Waals surface area (Å²) in [5, 5.41) is 3.07. The molecule has 1 aliphatic heterocycles. The van der Waals surface area contributed by atoms with Gasteiger partial charge in [0.25, 0.3) is 11.1 Å². The Labute approximate surface area is 150 Å². The molecule has 0 bridgehead atoms. The van der Waals surface area contributed by atoms with Gasteiger partial charge in [0.15, 0.2) is 0 Å². The number of carbonyl (C=O) groups is 1. The van der Waals surface area contributed by atoms with Crippen molar-refractivity contribution in [2.24, 2.45) is 0 Å². The van der Waals surface area contributed by atoms with Crippen LogP contribution in [0.4, 0.5) is 10.1 Å². The van der Waals surface area contributed by atoms with Crippen LogP contribution in [-0.2, 0) is 4.74 Å². The molecule has 0 unspecified atom stereocenters. The lowest BCUT2D eigenvalue weighted by molar-refractivity contribution is 0.0631. The van der Waals surface area contributed by atoms with Gasteiger partial charge >= 0.3 is 0 Å². The van der Waals surface area contributed by atoms with Crippen LogP contribution in [0.3, 0.4) is 0 Å². The van der Waals surface area contributed by atoms with Gasteiger partial charge < -0.3 is 19.7 Å². The van der Waals surface area contributed by atoms with Crippen molar-refractivity contribution in [3.05, 3.63) is 59.9 Å². The first-order valence-electron chi connectivity index (χ1n) is 7.83. The molecule has 0 spiro atoms. The molecule has 1 amide bonds. The Balaban J connectivity index is 1.64. The molecule has 130 valence electrons. The highest BCUT2D eigenvalue weighted by Gasteiger charge is 2.16. The highest BCUT2D eigenvalue weighted by Crippen LogP contribution is 2.17. The van der Waals surface area contributed by atoms with Crippen LogP contribution in [0.15, 0.2) is 48.5 Å². The predicted molar refractivity (Wildman–Crippen MR) is 96.4 cm³/mol. The van der Waals surface area contributed by atoms with Gasteiger partial charge in [0.2, 0.25) is 0 Å². The first-order chi connectivity index (χ1) is 12.1. The topological polar surface area (TPSA) is 50.8 Å². The summed E-state index contributed by atoms with van der Waals surface area (Å²) in [5.41, 5.74) is 0.938. The van der Waals surface area contributed by atoms with Crippen LogP contribution in [0.5, 0.6) is 5.75 Å². The fourth-order valence-electron chi connectivity index (χ4n) is 2.35. The maximum absolute atomic E-state index is 12.9. The molecule has 0 aromatic heterocycles. The van der Waals surface area contributed by atoms with Crippen LogP contribution >= 0.6 is 12.2 Å². The zero-order valence-corrected chi connectivity index (χ0v) is 14.2. The van der Waals surface area contributed by atoms with Gasteiger partial charge in [-0.1, -0.05) is 6.07 Å². The summed E-state index contributed by atoms with van der Waals surface area (Å²) < 4.78 is 23.9. The number of hydrogen-bond donors (Lipinski definition) is 1. The van der Waals surface area contributed by atoms with Crippen molar-refractivity contribution in [2.45, 2.75) is 0 Å². The van der Waals surface area contributed by atoms with Crippen molar-refractivity contribution in [3.8, 4) is 5.75 Å². The molecule has 0 aliphatic carbocycles. The fraction of sp³-hybridized carbons (Fsp3) is 0.222. The van der Waals surface area contributed by atoms with Crippen molar-refractivity contribution in [1.82, 2.24) is 4.90 Å². The standard InChI is InChI=1S/C18H17FN2O3S/c19-14-4-6-15(7-5-14)20-17(22)13-2-1-3-16(12-13)24-18(25)21-8-10-23-11-9-21/h1-7,12H,8-11H2,(H,20,22). The maximum atomic E-state index is 12.9. The van der Waals surface area contributed by atoms with E-state index in [0.29, 0.717) is 48.5 Å². The van der Waals surface area contributed by atoms with Crippen LogP contribution in [0.2, 0.25) is 0 Å². The molecule has 7 heteroatoms. The third-order valence-electron chi connectivity index (χ3n) is 3.67. The van der Waals surface area contributed by atoms with Gasteiger partial charge in [0.1, 0.15) is 11.6 Å². The minimum Gasteiger partial charge on any atom is -0.432 e. The summed E-state index contributed by atoms with van der Waals surface area (Å²) in [6, 6.07) is 12.3. The van der Waals surface area contributed by atoms with E-state index in [1.165, 1.54) is 24.3 Å². The number of nitrogens with one attached hydrogen (secondary N) is 1. The molecule has 0 atom stereocenters. The number of benzene rings is 2. The van der Waals surface area contributed by atoms with E-state index in [1.807, 2.05) is 4.90 Å². The second kappa shape index (κ2) is 8.04. The van der Waals surface area contributed by atoms with Crippen molar-refractivity contribution in [1.29, 1.82) is 0 Å². The number of amides is 1. The lowest BCUT2D eigenvalue weighted by Crippen LogP contribution is -2.42. The SMILES string of the molecule is O=C(Nc1ccc(F)cc1)c1cccc(OC(=S)N2CCOCC2)c1. The van der Waals surface area contributed by atoms with E-state index in [2.05, 4.69) is 5.32 Å². The number of nitrogens with zero attached hydrogens (tertiary/aromatic N) is 1. The molecule has 2 aromatic carbocycles. The molecule has 1 aliphatic rings. The van der Waals surface area contributed by atoms with Crippen molar-refractivity contribution < 1.29 is 18.7 Å². The summed E-state index contributed by atoms with van der Waals surface area (Å²) >= 11 is 5.29. The number of ether oxygens (including phenoxy) is 2. The maximum Gasteiger partial charge on any atom is 0.264 e. The Kier molecular flexibility index (Phi) is 5.57. The molecule has 1 fully saturated rings. The summed E-state index contributed by atoms with van der Waals surface area (Å²) in [7, 11) is 0. The van der Waals surface area contributed by atoms with Crippen LogP contribution in [0.25, 0.3) is 0 Å². The number of rotatable bonds is 3. The zero-order valence-electron chi connectivity index (χ0n) is 13.4. The summed E-state index contributed by atoms with van der Waals surface area (Å²) in [5.74, 6) is -0.178. The smallest absolute Gasteiger partial charge is 0.264 e. The molecular weight excluding hydrogens is 343 g/mol. The van der Waals surface area contributed by atoms with Gasteiger partial charge in [-0.3, -0.25) is 4.79 Å². The zero-order chi connectivity index (χ0) is 17.6. The number of thiocarbonyl (C=S) groups is 1. The van der Waals surface area contributed by atoms with Gasteiger partial charge in [0, 0.05) is 24.3 Å². The minimum absolute atomic E-state index is 0.311. The third kappa shape index (κ3) is 4.74. The lowest BCUT2D eigenvalue weighted by atomic mass is 10.2. The molecule has 0 saturated carbocycles. The average Bonchev–Trinajstić information content (AvgIpc) is 2.64. The van der Waals surface area contributed by atoms with E-state index in [4.69, 9.17) is 21.7 Å². The second-order valence-corrected chi connectivity index (χ2v) is 5.81. The number of halogens is 1. The molecule has 25 heavy (non-hydrogen) atoms. The number of morpholine rings is 1. The van der Waals surface area contributed by atoms with E-state index in [-0.39, 0.29) is 11.7 Å². The monoisotopic (exact) mass is 360 g/mol. The van der Waals surface area contributed by atoms with Crippen molar-refractivity contribution in [2.75, 3.05) is 31.6 Å². The minimum atomic E-state index is -0.356. The van der Waals surface area contributed by atoms with Gasteiger partial charge in [0.05, 0.1) is 13.2 Å². The van der Waals surface area contributed by atoms with Crippen molar-refractivity contribution >= 4 is 29.0 Å². The van der Waals surface area contributed by atoms with E-state index < -0.39 is 0 Å². The highest BCUT2D eigenvalue weighted by molar-refractivity contribution is 7.80. The largest absolute Gasteiger partial charge is 0.432 e. The Hall–Kier alpha value is -2.51. The van der Waals surface area contributed by atoms with E-state index in [1.54, 1.807) is 24.3 Å². The average molecular weight is 360 g/mol. The van der Waals surface area contributed by atoms with Gasteiger partial charge in [-0.2, -0.15) is 0 Å². The lowest BCUT2D eigenvalue weighted by Gasteiger charge is -2.28. The molecule has 5 nitrogen and oxygen atoms in total. The van der Waals surface area contributed by atoms with Crippen LogP contribution in [0.1, 0.15) is 10.4 Å². The molecule has 1 saturated heterocycles. The Morgan fingerprint density at radius 1 is 1.16 bits per heavy atom. The number of carbonyl (C=O) groups excluding carboxylic acids is 1. The highest BCUT2D eigenvalue weighted by atomic mass is 32.1. The summed E-state index contributed by atoms with van der Waals surface area (Å²) in [6.07, 6.45) is 0. The number of hydrogen-bond acceptors (Lipinski definition) is 4. The first-order valence-corrected chi connectivity index (χ1v) is 8.24. The van der Waals surface area contributed by atoms with Gasteiger partial charge in [-0.05, 0) is 54.7 Å². The number of anilines is 1. The summed E-state index contributed by atoms with van der Waals surface area (Å²) in [4.78, 5) is 14.2. The Morgan fingerprint density at radius 3 is 2.60 bits per heavy atom. The molecule has 1 N–H and O–H groups in total. The molecular formula is C18H17FN2O3S. The second-order valence-electron chi connectivity index (χ2n) is 5.46. The van der Waals surface area contributed by atoms with E-state index in [0.717, 1.165) is 0 Å². The predicted octanol–water partition coefficient (Wildman–Crippen LogP) is 3.07. The Bertz CT molecular complexity index is 761. The third-order valence-corrected chi connectivity index (χ3v) is 4.01. The Morgan fingerprint density at radius 2 is 1.88 bits per heavy atom. The van der Waals surface area contributed by atoms with Crippen LogP contribution in [0, 0.1) is 5.82 Å². The molecule has 2 aromatic rings. The quantitative estimate of drug-likeness (QED) is 0.853. The molecule has 0 radical (unpaired) electrons. The normalized spacial score (nSPS) is 14.0. The first kappa shape index (κ1) is 17.3. The van der Waals surface area contributed by atoms with E-state index >= 15 is 0 Å². The van der Waals surface area contributed by atoms with Crippen LogP contribution in [-0.4, -0.2) is 42.3 Å². The van der Waals surface area contributed by atoms with Crippen molar-refractivity contribution in [3.63, 3.8) is 0 Å². The molecule has 1 heterocycles. The van der Waals surface area contributed by atoms with Crippen LogP contribution < -0.4 is 10.1 Å². The fourth-order valence-corrected chi connectivity index (χ4v) is 2.63. The van der Waals surface area contributed by atoms with Gasteiger partial charge in [-0.15, -0.1) is 0 Å².